The summed E-state index contributed by atoms with van der Waals surface area (Å²) in [4.78, 5) is 27.6. The number of benzene rings is 3. The number of carbonyl (C=O) groups is 2. The van der Waals surface area contributed by atoms with Gasteiger partial charge in [-0.25, -0.2) is 4.39 Å². The molecule has 0 bridgehead atoms. The molecule has 0 unspecified atom stereocenters. The molecule has 40 heavy (non-hydrogen) atoms. The lowest BCUT2D eigenvalue weighted by molar-refractivity contribution is -0.116. The number of carbonyl (C=O) groups excluding carboxylic acids is 2. The van der Waals surface area contributed by atoms with E-state index in [9.17, 15) is 9.59 Å². The Morgan fingerprint density at radius 3 is 2.40 bits per heavy atom. The first-order valence-electron chi connectivity index (χ1n) is 13.0. The number of hydrogen-bond acceptors (Lipinski definition) is 5. The molecule has 3 aromatic rings. The summed E-state index contributed by atoms with van der Waals surface area (Å²) < 4.78 is 26.3. The molecule has 0 fully saturated rings. The van der Waals surface area contributed by atoms with Crippen LogP contribution >= 0.6 is 11.6 Å². The highest BCUT2D eigenvalue weighted by Gasteiger charge is 2.42. The standard InChI is InChI=1S/C32H30ClFN2O4/c1-17-8-11-21(12-9-17)36-32(38)28-18(2)35-24-14-20(19-10-13-26(39-3)27(16-19)40-4)15-25(37)30(24)31(28)29-22(33)6-5-7-23(29)34/h5-13,16,20,31,35H,14-15H2,1-4H3,(H,36,38)/t20-,31+/m0/s1. The van der Waals surface area contributed by atoms with Gasteiger partial charge in [0.15, 0.2) is 17.3 Å². The lowest BCUT2D eigenvalue weighted by atomic mass is 9.71. The fraction of sp³-hybridized carbons (Fsp3) is 0.250. The van der Waals surface area contributed by atoms with E-state index in [0.29, 0.717) is 40.6 Å². The molecule has 2 aliphatic rings. The van der Waals surface area contributed by atoms with E-state index in [-0.39, 0.29) is 34.3 Å². The minimum atomic E-state index is -0.964. The number of amides is 1. The van der Waals surface area contributed by atoms with Crippen molar-refractivity contribution in [3.63, 3.8) is 0 Å². The second kappa shape index (κ2) is 11.2. The number of allylic oxidation sites excluding steroid dienone is 3. The zero-order valence-electron chi connectivity index (χ0n) is 22.7. The van der Waals surface area contributed by atoms with Crippen molar-refractivity contribution in [3.8, 4) is 11.5 Å². The van der Waals surface area contributed by atoms with Gasteiger partial charge in [-0.1, -0.05) is 41.4 Å². The van der Waals surface area contributed by atoms with Gasteiger partial charge < -0.3 is 20.1 Å². The Labute approximate surface area is 237 Å². The predicted octanol–water partition coefficient (Wildman–Crippen LogP) is 6.81. The molecule has 1 heterocycles. The number of methoxy groups -OCH3 is 2. The summed E-state index contributed by atoms with van der Waals surface area (Å²) in [6.45, 7) is 3.72. The van der Waals surface area contributed by atoms with Gasteiger partial charge in [0.25, 0.3) is 5.91 Å². The van der Waals surface area contributed by atoms with Crippen molar-refractivity contribution in [3.05, 3.63) is 111 Å². The summed E-state index contributed by atoms with van der Waals surface area (Å²) >= 11 is 6.55. The zero-order chi connectivity index (χ0) is 28.6. The Kier molecular flexibility index (Phi) is 7.68. The van der Waals surface area contributed by atoms with E-state index >= 15 is 4.39 Å². The van der Waals surface area contributed by atoms with Gasteiger partial charge in [0, 0.05) is 45.2 Å². The van der Waals surface area contributed by atoms with Crippen molar-refractivity contribution in [1.82, 2.24) is 5.32 Å². The van der Waals surface area contributed by atoms with Crippen LogP contribution in [0.4, 0.5) is 10.1 Å². The van der Waals surface area contributed by atoms with E-state index < -0.39 is 17.6 Å². The first-order valence-corrected chi connectivity index (χ1v) is 13.4. The normalized spacial score (nSPS) is 18.7. The van der Waals surface area contributed by atoms with Crippen LogP contribution in [0.5, 0.6) is 11.5 Å². The van der Waals surface area contributed by atoms with Crippen LogP contribution in [0.15, 0.2) is 83.2 Å². The van der Waals surface area contributed by atoms with E-state index in [2.05, 4.69) is 10.6 Å². The van der Waals surface area contributed by atoms with Crippen LogP contribution in [0.1, 0.15) is 48.3 Å². The molecule has 0 radical (unpaired) electrons. The molecule has 1 amide bonds. The van der Waals surface area contributed by atoms with Crippen molar-refractivity contribution >= 4 is 29.0 Å². The fourth-order valence-electron chi connectivity index (χ4n) is 5.59. The van der Waals surface area contributed by atoms with Crippen LogP contribution in [0, 0.1) is 12.7 Å². The minimum absolute atomic E-state index is 0.115. The first kappa shape index (κ1) is 27.5. The van der Waals surface area contributed by atoms with Crippen molar-refractivity contribution < 1.29 is 23.5 Å². The summed E-state index contributed by atoms with van der Waals surface area (Å²) in [5.41, 5.74) is 4.49. The van der Waals surface area contributed by atoms with Crippen LogP contribution < -0.4 is 20.1 Å². The van der Waals surface area contributed by atoms with E-state index in [1.54, 1.807) is 39.3 Å². The Bertz CT molecular complexity index is 1540. The Morgan fingerprint density at radius 1 is 1.00 bits per heavy atom. The highest BCUT2D eigenvalue weighted by atomic mass is 35.5. The van der Waals surface area contributed by atoms with Gasteiger partial charge >= 0.3 is 0 Å². The lowest BCUT2D eigenvalue weighted by Crippen LogP contribution is -2.37. The second-order valence-corrected chi connectivity index (χ2v) is 10.5. The first-order chi connectivity index (χ1) is 19.2. The summed E-state index contributed by atoms with van der Waals surface area (Å²) in [6.07, 6.45) is 0.674. The molecule has 1 aliphatic carbocycles. The molecule has 0 spiro atoms. The maximum absolute atomic E-state index is 15.4. The molecule has 206 valence electrons. The summed E-state index contributed by atoms with van der Waals surface area (Å²) in [6, 6.07) is 17.4. The molecule has 3 aromatic carbocycles. The van der Waals surface area contributed by atoms with E-state index in [1.807, 2.05) is 37.3 Å². The van der Waals surface area contributed by atoms with Gasteiger partial charge in [0.1, 0.15) is 5.82 Å². The van der Waals surface area contributed by atoms with Crippen LogP contribution in [-0.2, 0) is 9.59 Å². The maximum atomic E-state index is 15.4. The Balaban J connectivity index is 1.58. The van der Waals surface area contributed by atoms with Crippen LogP contribution in [-0.4, -0.2) is 25.9 Å². The van der Waals surface area contributed by atoms with Crippen LogP contribution in [0.3, 0.4) is 0 Å². The molecule has 5 rings (SSSR count). The van der Waals surface area contributed by atoms with Crippen LogP contribution in [0.25, 0.3) is 0 Å². The molecule has 8 heteroatoms. The maximum Gasteiger partial charge on any atom is 0.254 e. The van der Waals surface area contributed by atoms with Gasteiger partial charge in [-0.2, -0.15) is 0 Å². The minimum Gasteiger partial charge on any atom is -0.493 e. The van der Waals surface area contributed by atoms with Gasteiger partial charge in [0.05, 0.1) is 20.1 Å². The highest BCUT2D eigenvalue weighted by Crippen LogP contribution is 2.48. The summed E-state index contributed by atoms with van der Waals surface area (Å²) in [5, 5.41) is 6.39. The topological polar surface area (TPSA) is 76.7 Å². The Hall–Kier alpha value is -4.10. The monoisotopic (exact) mass is 560 g/mol. The van der Waals surface area contributed by atoms with Gasteiger partial charge in [-0.05, 0) is 68.1 Å². The predicted molar refractivity (Wildman–Crippen MR) is 153 cm³/mol. The van der Waals surface area contributed by atoms with Crippen molar-refractivity contribution in [2.45, 2.75) is 38.5 Å². The Morgan fingerprint density at radius 2 is 1.73 bits per heavy atom. The largest absolute Gasteiger partial charge is 0.493 e. The third kappa shape index (κ3) is 5.09. The average Bonchev–Trinajstić information content (AvgIpc) is 2.93. The van der Waals surface area contributed by atoms with Gasteiger partial charge in [-0.15, -0.1) is 0 Å². The molecular formula is C32H30ClFN2O4. The number of rotatable bonds is 6. The number of Topliss-reactive ketones (excluding diaryl/α,β-unsaturated/α-hetero) is 1. The highest BCUT2D eigenvalue weighted by molar-refractivity contribution is 6.31. The second-order valence-electron chi connectivity index (χ2n) is 10.1. The molecule has 1 aliphatic heterocycles. The number of halogens is 2. The van der Waals surface area contributed by atoms with Crippen LogP contribution in [0.2, 0.25) is 5.02 Å². The molecular weight excluding hydrogens is 531 g/mol. The summed E-state index contributed by atoms with van der Waals surface area (Å²) in [5.74, 6) is -1.12. The molecule has 2 atom stereocenters. The smallest absolute Gasteiger partial charge is 0.254 e. The van der Waals surface area contributed by atoms with Crippen molar-refractivity contribution in [2.24, 2.45) is 0 Å². The molecule has 0 saturated heterocycles. The lowest BCUT2D eigenvalue weighted by Gasteiger charge is -2.37. The number of dihydropyridines is 1. The SMILES string of the molecule is COc1ccc([C@@H]2CC(=O)C3=C(C2)NC(C)=C(C(=O)Nc2ccc(C)cc2)[C@@H]3c2c(F)cccc2Cl)cc1OC. The average molecular weight is 561 g/mol. The summed E-state index contributed by atoms with van der Waals surface area (Å²) in [7, 11) is 3.14. The quantitative estimate of drug-likeness (QED) is 0.346. The number of aryl methyl sites for hydroxylation is 1. The number of ketones is 1. The van der Waals surface area contributed by atoms with E-state index in [1.165, 1.54) is 12.1 Å². The van der Waals surface area contributed by atoms with Gasteiger partial charge in [0.2, 0.25) is 0 Å². The molecule has 2 N–H and O–H groups in total. The van der Waals surface area contributed by atoms with Crippen molar-refractivity contribution in [2.75, 3.05) is 19.5 Å². The molecule has 0 saturated carbocycles. The fourth-order valence-corrected chi connectivity index (χ4v) is 5.87. The number of hydrogen-bond donors (Lipinski definition) is 2. The van der Waals surface area contributed by atoms with E-state index in [4.69, 9.17) is 21.1 Å². The van der Waals surface area contributed by atoms with Crippen molar-refractivity contribution in [1.29, 1.82) is 0 Å². The molecule has 6 nitrogen and oxygen atoms in total. The third-order valence-electron chi connectivity index (χ3n) is 7.55. The van der Waals surface area contributed by atoms with E-state index in [0.717, 1.165) is 11.1 Å². The number of ether oxygens (including phenoxy) is 2. The number of nitrogens with one attached hydrogen (secondary N) is 2. The number of anilines is 1. The molecule has 0 aromatic heterocycles. The van der Waals surface area contributed by atoms with Gasteiger partial charge in [-0.3, -0.25) is 9.59 Å². The third-order valence-corrected chi connectivity index (χ3v) is 7.88. The zero-order valence-corrected chi connectivity index (χ0v) is 23.5.